The Hall–Kier alpha value is -0.150. The molecule has 0 aromatic heterocycles. The number of rotatable bonds is 1. The SMILES string of the molecule is FOC1CCNCC1. The molecule has 1 aliphatic heterocycles. The van der Waals surface area contributed by atoms with Gasteiger partial charge in [-0.1, -0.05) is 0 Å². The number of hydrogen-bond donors (Lipinski definition) is 1. The second-order valence-corrected chi connectivity index (χ2v) is 2.04. The molecule has 1 fully saturated rings. The van der Waals surface area contributed by atoms with E-state index in [4.69, 9.17) is 0 Å². The number of nitrogens with one attached hydrogen (secondary N) is 1. The van der Waals surface area contributed by atoms with Gasteiger partial charge in [-0.2, -0.15) is 4.94 Å². The van der Waals surface area contributed by atoms with Gasteiger partial charge in [-0.3, -0.25) is 0 Å². The van der Waals surface area contributed by atoms with Crippen molar-refractivity contribution in [1.82, 2.24) is 5.32 Å². The summed E-state index contributed by atoms with van der Waals surface area (Å²) in [6.45, 7) is 1.77. The molecule has 1 aliphatic rings. The molecule has 8 heavy (non-hydrogen) atoms. The van der Waals surface area contributed by atoms with Crippen molar-refractivity contribution in [2.24, 2.45) is 0 Å². The Morgan fingerprint density at radius 3 is 2.38 bits per heavy atom. The van der Waals surface area contributed by atoms with Crippen LogP contribution in [0.2, 0.25) is 0 Å². The Morgan fingerprint density at radius 2 is 2.00 bits per heavy atom. The quantitative estimate of drug-likeness (QED) is 0.547. The number of hydrogen-bond acceptors (Lipinski definition) is 2. The van der Waals surface area contributed by atoms with E-state index in [1.165, 1.54) is 0 Å². The summed E-state index contributed by atoms with van der Waals surface area (Å²) in [4.78, 5) is 3.65. The zero-order chi connectivity index (χ0) is 5.82. The minimum absolute atomic E-state index is 0.142. The first kappa shape index (κ1) is 5.98. The van der Waals surface area contributed by atoms with Gasteiger partial charge in [0.25, 0.3) is 0 Å². The Morgan fingerprint density at radius 1 is 1.38 bits per heavy atom. The van der Waals surface area contributed by atoms with Crippen LogP contribution in [0.15, 0.2) is 0 Å². The molecule has 0 aromatic carbocycles. The summed E-state index contributed by atoms with van der Waals surface area (Å²) in [7, 11) is 0. The van der Waals surface area contributed by atoms with Crippen LogP contribution in [0.1, 0.15) is 12.8 Å². The van der Waals surface area contributed by atoms with Crippen LogP contribution >= 0.6 is 0 Å². The van der Waals surface area contributed by atoms with Crippen molar-refractivity contribution in [3.05, 3.63) is 0 Å². The van der Waals surface area contributed by atoms with E-state index in [0.29, 0.717) is 0 Å². The van der Waals surface area contributed by atoms with Crippen LogP contribution in [-0.2, 0) is 4.94 Å². The lowest BCUT2D eigenvalue weighted by molar-refractivity contribution is -0.185. The minimum Gasteiger partial charge on any atom is -0.317 e. The van der Waals surface area contributed by atoms with Crippen molar-refractivity contribution in [3.8, 4) is 0 Å². The lowest BCUT2D eigenvalue weighted by Crippen LogP contribution is -2.31. The van der Waals surface area contributed by atoms with Gasteiger partial charge in [0.05, 0.1) is 0 Å². The second-order valence-electron chi connectivity index (χ2n) is 2.04. The average Bonchev–Trinajstić information content (AvgIpc) is 1.90. The van der Waals surface area contributed by atoms with Gasteiger partial charge in [-0.05, 0) is 30.5 Å². The molecule has 0 amide bonds. The van der Waals surface area contributed by atoms with Gasteiger partial charge in [-0.15, -0.1) is 0 Å². The molecule has 3 heteroatoms. The zero-order valence-electron chi connectivity index (χ0n) is 4.69. The van der Waals surface area contributed by atoms with E-state index in [0.717, 1.165) is 25.9 Å². The fraction of sp³-hybridized carbons (Fsp3) is 1.00. The smallest absolute Gasteiger partial charge is 0.101 e. The molecular weight excluding hydrogens is 109 g/mol. The fourth-order valence-electron chi connectivity index (χ4n) is 0.885. The molecule has 0 radical (unpaired) electrons. The van der Waals surface area contributed by atoms with E-state index >= 15 is 0 Å². The molecule has 0 spiro atoms. The highest BCUT2D eigenvalue weighted by atomic mass is 19.3. The van der Waals surface area contributed by atoms with Gasteiger partial charge in [0.15, 0.2) is 0 Å². The van der Waals surface area contributed by atoms with Crippen molar-refractivity contribution in [2.75, 3.05) is 13.1 Å². The van der Waals surface area contributed by atoms with E-state index in [2.05, 4.69) is 10.3 Å². The molecule has 0 saturated carbocycles. The molecule has 1 rings (SSSR count). The highest BCUT2D eigenvalue weighted by Crippen LogP contribution is 2.06. The number of halogens is 1. The summed E-state index contributed by atoms with van der Waals surface area (Å²) in [5, 5.41) is 3.10. The third-order valence-electron chi connectivity index (χ3n) is 1.41. The standard InChI is InChI=1S/C5H10FNO/c6-8-5-1-3-7-4-2-5/h5,7H,1-4H2. The highest BCUT2D eigenvalue weighted by molar-refractivity contribution is 4.66. The van der Waals surface area contributed by atoms with E-state index in [1.807, 2.05) is 0 Å². The predicted octanol–water partition coefficient (Wildman–Crippen LogP) is 0.639. The van der Waals surface area contributed by atoms with Gasteiger partial charge in [0, 0.05) is 0 Å². The van der Waals surface area contributed by atoms with Crippen LogP contribution in [0.25, 0.3) is 0 Å². The van der Waals surface area contributed by atoms with E-state index < -0.39 is 0 Å². The van der Waals surface area contributed by atoms with Crippen molar-refractivity contribution in [1.29, 1.82) is 0 Å². The second kappa shape index (κ2) is 2.99. The minimum atomic E-state index is -0.142. The first-order valence-electron chi connectivity index (χ1n) is 2.91. The maximum absolute atomic E-state index is 11.4. The molecular formula is C5H10FNO. The average molecular weight is 119 g/mol. The van der Waals surface area contributed by atoms with Crippen LogP contribution in [-0.4, -0.2) is 19.2 Å². The molecule has 1 N–H and O–H groups in total. The molecule has 0 unspecified atom stereocenters. The summed E-state index contributed by atoms with van der Waals surface area (Å²) >= 11 is 0. The molecule has 0 aliphatic carbocycles. The van der Waals surface area contributed by atoms with E-state index in [1.54, 1.807) is 0 Å². The summed E-state index contributed by atoms with van der Waals surface area (Å²) in [5.41, 5.74) is 0. The normalized spacial score (nSPS) is 23.6. The maximum atomic E-state index is 11.4. The third-order valence-corrected chi connectivity index (χ3v) is 1.41. The largest absolute Gasteiger partial charge is 0.317 e. The Balaban J connectivity index is 2.13. The van der Waals surface area contributed by atoms with Gasteiger partial charge in [-0.25, -0.2) is 0 Å². The third kappa shape index (κ3) is 1.42. The predicted molar refractivity (Wildman–Crippen MR) is 28.1 cm³/mol. The van der Waals surface area contributed by atoms with Crippen molar-refractivity contribution in [3.63, 3.8) is 0 Å². The van der Waals surface area contributed by atoms with E-state index in [9.17, 15) is 4.53 Å². The summed E-state index contributed by atoms with van der Waals surface area (Å²) < 4.78 is 11.4. The lowest BCUT2D eigenvalue weighted by atomic mass is 10.1. The molecule has 0 bridgehead atoms. The van der Waals surface area contributed by atoms with Crippen molar-refractivity contribution < 1.29 is 9.47 Å². The topological polar surface area (TPSA) is 21.3 Å². The molecule has 1 heterocycles. The Bertz CT molecular complexity index is 63.4. The molecule has 0 atom stereocenters. The van der Waals surface area contributed by atoms with Crippen molar-refractivity contribution in [2.45, 2.75) is 18.9 Å². The summed E-state index contributed by atoms with van der Waals surface area (Å²) in [6.07, 6.45) is 1.46. The summed E-state index contributed by atoms with van der Waals surface area (Å²) in [5.74, 6) is 0. The maximum Gasteiger partial charge on any atom is 0.101 e. The van der Waals surface area contributed by atoms with Crippen LogP contribution in [0.4, 0.5) is 4.53 Å². The van der Waals surface area contributed by atoms with Gasteiger partial charge in [0.1, 0.15) is 6.10 Å². The first-order valence-corrected chi connectivity index (χ1v) is 2.91. The zero-order valence-corrected chi connectivity index (χ0v) is 4.69. The molecule has 2 nitrogen and oxygen atoms in total. The van der Waals surface area contributed by atoms with Crippen molar-refractivity contribution >= 4 is 0 Å². The fourth-order valence-corrected chi connectivity index (χ4v) is 0.885. The van der Waals surface area contributed by atoms with Gasteiger partial charge in [0.2, 0.25) is 0 Å². The Kier molecular flexibility index (Phi) is 2.24. The number of piperidine rings is 1. The lowest BCUT2D eigenvalue weighted by Gasteiger charge is -2.17. The highest BCUT2D eigenvalue weighted by Gasteiger charge is 2.12. The van der Waals surface area contributed by atoms with Crippen LogP contribution in [0.3, 0.4) is 0 Å². The molecule has 0 aromatic rings. The first-order chi connectivity index (χ1) is 3.93. The van der Waals surface area contributed by atoms with Crippen LogP contribution in [0.5, 0.6) is 0 Å². The van der Waals surface area contributed by atoms with E-state index in [-0.39, 0.29) is 6.10 Å². The Labute approximate surface area is 47.9 Å². The molecule has 48 valence electrons. The monoisotopic (exact) mass is 119 g/mol. The van der Waals surface area contributed by atoms with Crippen LogP contribution < -0.4 is 5.32 Å². The molecule has 1 saturated heterocycles. The van der Waals surface area contributed by atoms with Gasteiger partial charge >= 0.3 is 0 Å². The summed E-state index contributed by atoms with van der Waals surface area (Å²) in [6, 6.07) is 0. The van der Waals surface area contributed by atoms with Crippen LogP contribution in [0, 0.1) is 0 Å². The van der Waals surface area contributed by atoms with Gasteiger partial charge < -0.3 is 5.32 Å².